The molecule has 0 rings (SSSR count). The topological polar surface area (TPSA) is 165 Å². The summed E-state index contributed by atoms with van der Waals surface area (Å²) < 4.78 is 31.6. The van der Waals surface area contributed by atoms with Crippen LogP contribution >= 0.6 is 0 Å². The summed E-state index contributed by atoms with van der Waals surface area (Å²) in [6.07, 6.45) is 24.7. The molecule has 0 aliphatic rings. The molecule has 0 aliphatic heterocycles. The summed E-state index contributed by atoms with van der Waals surface area (Å²) >= 11 is 0. The van der Waals surface area contributed by atoms with Crippen molar-refractivity contribution in [3.63, 3.8) is 0 Å². The van der Waals surface area contributed by atoms with E-state index in [0.717, 1.165) is 19.5 Å². The monoisotopic (exact) mass is 452 g/mol. The molecule has 0 spiro atoms. The number of rotatable bonds is 20. The van der Waals surface area contributed by atoms with Gasteiger partial charge in [0.25, 0.3) is 0 Å². The zero-order valence-electron chi connectivity index (χ0n) is 18.9. The first kappa shape index (κ1) is 31.3. The minimum Gasteiger partial charge on any atom is -0.370 e. The van der Waals surface area contributed by atoms with E-state index in [0.29, 0.717) is 0 Å². The molecule has 0 unspecified atom stereocenters. The Kier molecular flexibility index (Phi) is 25.4. The van der Waals surface area contributed by atoms with Crippen LogP contribution in [0.25, 0.3) is 0 Å². The Morgan fingerprint density at radius 3 is 1.03 bits per heavy atom. The van der Waals surface area contributed by atoms with Crippen LogP contribution in [0.3, 0.4) is 0 Å². The molecule has 0 aromatic carbocycles. The van der Waals surface area contributed by atoms with Crippen molar-refractivity contribution in [2.45, 2.75) is 116 Å². The lowest BCUT2D eigenvalue weighted by Gasteiger charge is -2.03. The average molecular weight is 453 g/mol. The summed E-state index contributed by atoms with van der Waals surface area (Å²) in [5, 5.41) is 0. The molecule has 0 aromatic rings. The van der Waals surface area contributed by atoms with E-state index in [-0.39, 0.29) is 5.96 Å². The van der Waals surface area contributed by atoms with Gasteiger partial charge in [0.2, 0.25) is 0 Å². The predicted molar refractivity (Wildman–Crippen MR) is 127 cm³/mol. The molecular weight excluding hydrogens is 404 g/mol. The second-order valence-corrected chi connectivity index (χ2v) is 8.80. The van der Waals surface area contributed by atoms with Gasteiger partial charge in [-0.25, -0.2) is 0 Å². The van der Waals surface area contributed by atoms with Gasteiger partial charge in [-0.3, -0.25) is 14.1 Å². The summed E-state index contributed by atoms with van der Waals surface area (Å²) in [4.78, 5) is 4.01. The van der Waals surface area contributed by atoms with Crippen LogP contribution in [0.5, 0.6) is 0 Å². The average Bonchev–Trinajstić information content (AvgIpc) is 2.65. The first-order chi connectivity index (χ1) is 14.3. The molecule has 30 heavy (non-hydrogen) atoms. The van der Waals surface area contributed by atoms with Crippen LogP contribution in [0.4, 0.5) is 0 Å². The number of aliphatic imine (C=N–C) groups is 1. The number of hydrogen-bond acceptors (Lipinski definition) is 4. The van der Waals surface area contributed by atoms with Gasteiger partial charge in [0.15, 0.2) is 5.96 Å². The van der Waals surface area contributed by atoms with E-state index in [1.54, 1.807) is 0 Å². The second-order valence-electron chi connectivity index (χ2n) is 7.91. The van der Waals surface area contributed by atoms with Crippen LogP contribution in [-0.4, -0.2) is 36.6 Å². The molecule has 0 aromatic heterocycles. The van der Waals surface area contributed by atoms with E-state index in [1.165, 1.54) is 109 Å². The van der Waals surface area contributed by atoms with Crippen LogP contribution in [-0.2, 0) is 10.4 Å². The molecule has 0 saturated heterocycles. The van der Waals surface area contributed by atoms with Gasteiger partial charge in [-0.15, -0.1) is 0 Å². The Morgan fingerprint density at radius 2 is 0.800 bits per heavy atom. The van der Waals surface area contributed by atoms with E-state index in [1.807, 2.05) is 0 Å². The third-order valence-corrected chi connectivity index (χ3v) is 4.91. The van der Waals surface area contributed by atoms with Crippen molar-refractivity contribution in [2.75, 3.05) is 13.1 Å². The molecule has 8 nitrogen and oxygen atoms in total. The first-order valence-corrected chi connectivity index (χ1v) is 13.1. The van der Waals surface area contributed by atoms with Crippen molar-refractivity contribution in [3.8, 4) is 0 Å². The molecule has 0 atom stereocenters. The van der Waals surface area contributed by atoms with Gasteiger partial charge in [0.1, 0.15) is 0 Å². The van der Waals surface area contributed by atoms with Crippen LogP contribution in [0.15, 0.2) is 4.99 Å². The maximum atomic E-state index is 8.74. The Morgan fingerprint density at radius 1 is 0.567 bits per heavy atom. The maximum Gasteiger partial charge on any atom is 0.394 e. The van der Waals surface area contributed by atoms with E-state index in [4.69, 9.17) is 34.7 Å². The summed E-state index contributed by atoms with van der Waals surface area (Å²) in [6, 6.07) is 0. The third kappa shape index (κ3) is 41.5. The zero-order chi connectivity index (χ0) is 22.9. The van der Waals surface area contributed by atoms with Crippen molar-refractivity contribution >= 4 is 16.4 Å². The van der Waals surface area contributed by atoms with Gasteiger partial charge in [-0.2, -0.15) is 8.42 Å². The van der Waals surface area contributed by atoms with Gasteiger partial charge in [-0.1, -0.05) is 103 Å². The summed E-state index contributed by atoms with van der Waals surface area (Å²) in [5.41, 5.74) is 16.1. The molecule has 0 amide bonds. The molecule has 0 saturated carbocycles. The fraction of sp³-hybridized carbons (Fsp3) is 0.952. The van der Waals surface area contributed by atoms with Crippen LogP contribution in [0.2, 0.25) is 0 Å². The molecule has 0 bridgehead atoms. The fourth-order valence-corrected chi connectivity index (χ4v) is 3.29. The molecule has 0 aliphatic carbocycles. The molecule has 182 valence electrons. The smallest absolute Gasteiger partial charge is 0.370 e. The highest BCUT2D eigenvalue weighted by Crippen LogP contribution is 2.14. The van der Waals surface area contributed by atoms with E-state index in [9.17, 15) is 0 Å². The minimum atomic E-state index is -4.67. The van der Waals surface area contributed by atoms with Gasteiger partial charge in [0, 0.05) is 6.54 Å². The number of unbranched alkanes of at least 4 members (excludes halogenated alkanes) is 17. The van der Waals surface area contributed by atoms with Crippen molar-refractivity contribution in [1.82, 2.24) is 0 Å². The quantitative estimate of drug-likeness (QED) is 0.0779. The number of hydrogen-bond donors (Lipinski definition) is 5. The van der Waals surface area contributed by atoms with Crippen LogP contribution in [0, 0.1) is 0 Å². The molecule has 8 N–H and O–H groups in total. The number of nitrogens with two attached hydrogens (primary N) is 3. The molecule has 0 radical (unpaired) electrons. The van der Waals surface area contributed by atoms with Gasteiger partial charge in [-0.05, 0) is 19.4 Å². The van der Waals surface area contributed by atoms with Crippen LogP contribution in [0.1, 0.15) is 116 Å². The lowest BCUT2D eigenvalue weighted by Crippen LogP contribution is -2.22. The molecule has 0 fully saturated rings. The highest BCUT2D eigenvalue weighted by molar-refractivity contribution is 7.79. The predicted octanol–water partition coefficient (Wildman–Crippen LogP) is 4.59. The van der Waals surface area contributed by atoms with Crippen molar-refractivity contribution in [3.05, 3.63) is 0 Å². The lowest BCUT2D eigenvalue weighted by atomic mass is 10.0. The maximum absolute atomic E-state index is 8.74. The number of guanidine groups is 1. The van der Waals surface area contributed by atoms with E-state index < -0.39 is 10.4 Å². The Balaban J connectivity index is 0. The fourth-order valence-electron chi connectivity index (χ4n) is 3.29. The standard InChI is InChI=1S/C21H46N4.H2O4S/c22-19-17-15-13-11-9-7-5-3-1-2-4-6-8-10-12-14-16-18-20-25-21(23)24;1-5(2,3)4/h1-20,22H2,(H4,23,24,25);(H2,1,2,3,4). The van der Waals surface area contributed by atoms with E-state index >= 15 is 0 Å². The second kappa shape index (κ2) is 24.4. The van der Waals surface area contributed by atoms with E-state index in [2.05, 4.69) is 4.99 Å². The zero-order valence-corrected chi connectivity index (χ0v) is 19.8. The molecule has 9 heteroatoms. The highest BCUT2D eigenvalue weighted by atomic mass is 32.3. The van der Waals surface area contributed by atoms with Gasteiger partial charge in [0.05, 0.1) is 0 Å². The van der Waals surface area contributed by atoms with Gasteiger partial charge < -0.3 is 17.2 Å². The third-order valence-electron chi connectivity index (χ3n) is 4.91. The Hall–Kier alpha value is -0.900. The molecule has 0 heterocycles. The highest BCUT2D eigenvalue weighted by Gasteiger charge is 1.95. The molecular formula is C21H48N4O4S. The largest absolute Gasteiger partial charge is 0.394 e. The Bertz CT molecular complexity index is 462. The SMILES string of the molecule is NCCCCCCCCCCCCCCCCCCCCN=C(N)N.O=S(=O)(O)O. The van der Waals surface area contributed by atoms with Crippen molar-refractivity contribution in [2.24, 2.45) is 22.2 Å². The summed E-state index contributed by atoms with van der Waals surface area (Å²) in [5.74, 6) is 0.221. The minimum absolute atomic E-state index is 0.221. The summed E-state index contributed by atoms with van der Waals surface area (Å²) in [7, 11) is -4.67. The van der Waals surface area contributed by atoms with Crippen molar-refractivity contribution < 1.29 is 17.5 Å². The van der Waals surface area contributed by atoms with Crippen molar-refractivity contribution in [1.29, 1.82) is 0 Å². The first-order valence-electron chi connectivity index (χ1n) is 11.7. The Labute approximate surface area is 185 Å². The normalized spacial score (nSPS) is 11.0. The lowest BCUT2D eigenvalue weighted by molar-refractivity contribution is 0.381. The number of nitrogens with zero attached hydrogens (tertiary/aromatic N) is 1. The summed E-state index contributed by atoms with van der Waals surface area (Å²) in [6.45, 7) is 1.65. The van der Waals surface area contributed by atoms with Gasteiger partial charge >= 0.3 is 10.4 Å². The van der Waals surface area contributed by atoms with Crippen LogP contribution < -0.4 is 17.2 Å².